The van der Waals surface area contributed by atoms with Gasteiger partial charge in [-0.15, -0.1) is 0 Å². The van der Waals surface area contributed by atoms with Crippen LogP contribution in [-0.4, -0.2) is 30.3 Å². The highest BCUT2D eigenvalue weighted by molar-refractivity contribution is 6.45. The lowest BCUT2D eigenvalue weighted by Crippen LogP contribution is -2.28. The molecule has 0 radical (unpaired) electrons. The van der Waals surface area contributed by atoms with Gasteiger partial charge < -0.3 is 5.73 Å². The fourth-order valence-corrected chi connectivity index (χ4v) is 0.728. The predicted molar refractivity (Wildman–Crippen MR) is 45.9 cm³/mol. The van der Waals surface area contributed by atoms with Crippen molar-refractivity contribution in [2.45, 2.75) is 6.92 Å². The molecule has 70 valence electrons. The van der Waals surface area contributed by atoms with Gasteiger partial charge in [0.25, 0.3) is 0 Å². The second kappa shape index (κ2) is 3.65. The van der Waals surface area contributed by atoms with Gasteiger partial charge in [0.1, 0.15) is 0 Å². The summed E-state index contributed by atoms with van der Waals surface area (Å²) < 4.78 is 0. The standard InChI is InChI=1S/C6H9N5O2/c1-2-8-5(7)11-6-9-3(12)4(13)10-6/h2H2,1H3,(H4,7,8,9,10,11,12,13). The highest BCUT2D eigenvalue weighted by Crippen LogP contribution is 1.83. The Kier molecular flexibility index (Phi) is 2.58. The zero-order chi connectivity index (χ0) is 9.84. The van der Waals surface area contributed by atoms with Gasteiger partial charge in [-0.2, -0.15) is 4.99 Å². The van der Waals surface area contributed by atoms with Crippen LogP contribution in [0.15, 0.2) is 9.98 Å². The number of nitrogens with two attached hydrogens (primary N) is 1. The lowest BCUT2D eigenvalue weighted by atomic mass is 10.6. The maximum absolute atomic E-state index is 10.6. The highest BCUT2D eigenvalue weighted by Gasteiger charge is 2.25. The molecule has 0 saturated carbocycles. The van der Waals surface area contributed by atoms with Crippen LogP contribution in [0.5, 0.6) is 0 Å². The van der Waals surface area contributed by atoms with Crippen molar-refractivity contribution >= 4 is 23.7 Å². The van der Waals surface area contributed by atoms with E-state index >= 15 is 0 Å². The quantitative estimate of drug-likeness (QED) is 0.246. The molecule has 4 N–H and O–H groups in total. The van der Waals surface area contributed by atoms with Crippen LogP contribution in [0.3, 0.4) is 0 Å². The van der Waals surface area contributed by atoms with Crippen molar-refractivity contribution in [2.24, 2.45) is 15.7 Å². The molecule has 0 bridgehead atoms. The first-order chi connectivity index (χ1) is 6.13. The third kappa shape index (κ3) is 2.26. The van der Waals surface area contributed by atoms with E-state index in [-0.39, 0.29) is 11.9 Å². The summed E-state index contributed by atoms with van der Waals surface area (Å²) in [6.45, 7) is 2.28. The number of carbonyl (C=O) groups excluding carboxylic acids is 2. The number of amides is 2. The number of carbonyl (C=O) groups is 2. The van der Waals surface area contributed by atoms with E-state index in [2.05, 4.69) is 20.6 Å². The van der Waals surface area contributed by atoms with Crippen LogP contribution < -0.4 is 16.4 Å². The van der Waals surface area contributed by atoms with Crippen molar-refractivity contribution in [3.05, 3.63) is 0 Å². The molecular formula is C6H9N5O2. The highest BCUT2D eigenvalue weighted by atomic mass is 16.2. The van der Waals surface area contributed by atoms with Crippen LogP contribution in [-0.2, 0) is 9.59 Å². The summed E-state index contributed by atoms with van der Waals surface area (Å²) in [6, 6.07) is 0. The first-order valence-electron chi connectivity index (χ1n) is 3.64. The van der Waals surface area contributed by atoms with Gasteiger partial charge in [0.15, 0.2) is 0 Å². The fraction of sp³-hybridized carbons (Fsp3) is 0.333. The molecule has 7 heteroatoms. The molecule has 1 aliphatic heterocycles. The molecule has 0 aromatic carbocycles. The smallest absolute Gasteiger partial charge is 0.316 e. The number of nitrogens with zero attached hydrogens (tertiary/aromatic N) is 2. The topological polar surface area (TPSA) is 109 Å². The predicted octanol–water partition coefficient (Wildman–Crippen LogP) is -2.08. The van der Waals surface area contributed by atoms with E-state index < -0.39 is 11.8 Å². The molecule has 1 rings (SSSR count). The minimum atomic E-state index is -0.747. The molecule has 0 spiro atoms. The van der Waals surface area contributed by atoms with Crippen LogP contribution >= 0.6 is 0 Å². The van der Waals surface area contributed by atoms with Gasteiger partial charge in [0, 0.05) is 6.54 Å². The summed E-state index contributed by atoms with van der Waals surface area (Å²) in [6.07, 6.45) is 0. The van der Waals surface area contributed by atoms with Crippen molar-refractivity contribution < 1.29 is 9.59 Å². The van der Waals surface area contributed by atoms with Gasteiger partial charge in [-0.05, 0) is 6.92 Å². The minimum absolute atomic E-state index is 0.0139. The van der Waals surface area contributed by atoms with Crippen LogP contribution in [0, 0.1) is 0 Å². The SMILES string of the molecule is CCN=C(N)N=C1NC(=O)C(=O)N1. The minimum Gasteiger partial charge on any atom is -0.368 e. The molecule has 13 heavy (non-hydrogen) atoms. The van der Waals surface area contributed by atoms with E-state index in [1.165, 1.54) is 0 Å². The lowest BCUT2D eigenvalue weighted by Gasteiger charge is -1.94. The van der Waals surface area contributed by atoms with Crippen molar-refractivity contribution in [1.82, 2.24) is 10.6 Å². The summed E-state index contributed by atoms with van der Waals surface area (Å²) >= 11 is 0. The number of aliphatic imine (C=N–C) groups is 2. The molecule has 1 heterocycles. The van der Waals surface area contributed by atoms with Crippen molar-refractivity contribution in [2.75, 3.05) is 6.54 Å². The molecule has 7 nitrogen and oxygen atoms in total. The number of guanidine groups is 2. The number of hydrogen-bond acceptors (Lipinski definition) is 3. The zero-order valence-electron chi connectivity index (χ0n) is 7.00. The van der Waals surface area contributed by atoms with E-state index in [9.17, 15) is 9.59 Å². The molecule has 0 atom stereocenters. The Labute approximate surface area is 74.1 Å². The molecule has 1 fully saturated rings. The van der Waals surface area contributed by atoms with E-state index in [0.29, 0.717) is 6.54 Å². The Balaban J connectivity index is 2.70. The van der Waals surface area contributed by atoms with Gasteiger partial charge in [0.2, 0.25) is 11.9 Å². The van der Waals surface area contributed by atoms with Gasteiger partial charge in [-0.1, -0.05) is 0 Å². The summed E-state index contributed by atoms with van der Waals surface area (Å²) in [5, 5.41) is 4.37. The summed E-state index contributed by atoms with van der Waals surface area (Å²) in [5.41, 5.74) is 5.31. The maximum Gasteiger partial charge on any atom is 0.316 e. The van der Waals surface area contributed by atoms with E-state index in [1.807, 2.05) is 0 Å². The monoisotopic (exact) mass is 183 g/mol. The Bertz CT molecular complexity index is 288. The molecule has 0 aliphatic carbocycles. The van der Waals surface area contributed by atoms with Crippen molar-refractivity contribution in [3.63, 3.8) is 0 Å². The summed E-state index contributed by atoms with van der Waals surface area (Å²) in [4.78, 5) is 28.7. The zero-order valence-corrected chi connectivity index (χ0v) is 7.00. The van der Waals surface area contributed by atoms with Crippen LogP contribution in [0.1, 0.15) is 6.92 Å². The van der Waals surface area contributed by atoms with E-state index in [1.54, 1.807) is 6.92 Å². The maximum atomic E-state index is 10.6. The molecular weight excluding hydrogens is 174 g/mol. The third-order valence-corrected chi connectivity index (χ3v) is 1.22. The van der Waals surface area contributed by atoms with E-state index in [4.69, 9.17) is 5.73 Å². The molecule has 2 amide bonds. The molecule has 0 aromatic rings. The first kappa shape index (κ1) is 9.17. The largest absolute Gasteiger partial charge is 0.368 e. The Morgan fingerprint density at radius 2 is 1.92 bits per heavy atom. The van der Waals surface area contributed by atoms with E-state index in [0.717, 1.165) is 0 Å². The second-order valence-electron chi connectivity index (χ2n) is 2.20. The summed E-state index contributed by atoms with van der Waals surface area (Å²) in [5.74, 6) is -1.46. The summed E-state index contributed by atoms with van der Waals surface area (Å²) in [7, 11) is 0. The average molecular weight is 183 g/mol. The Hall–Kier alpha value is -1.92. The van der Waals surface area contributed by atoms with Gasteiger partial charge in [-0.25, -0.2) is 0 Å². The van der Waals surface area contributed by atoms with Gasteiger partial charge in [-0.3, -0.25) is 25.2 Å². The van der Waals surface area contributed by atoms with Crippen molar-refractivity contribution in [3.8, 4) is 0 Å². The fourth-order valence-electron chi connectivity index (χ4n) is 0.728. The van der Waals surface area contributed by atoms with Gasteiger partial charge >= 0.3 is 11.8 Å². The molecule has 1 aliphatic rings. The molecule has 1 saturated heterocycles. The second-order valence-corrected chi connectivity index (χ2v) is 2.20. The lowest BCUT2D eigenvalue weighted by molar-refractivity contribution is -0.135. The van der Waals surface area contributed by atoms with Gasteiger partial charge in [0.05, 0.1) is 0 Å². The van der Waals surface area contributed by atoms with Crippen LogP contribution in [0.4, 0.5) is 0 Å². The Morgan fingerprint density at radius 1 is 1.38 bits per heavy atom. The normalized spacial score (nSPS) is 17.0. The average Bonchev–Trinajstić information content (AvgIpc) is 2.31. The Morgan fingerprint density at radius 3 is 2.38 bits per heavy atom. The number of hydrogen-bond donors (Lipinski definition) is 3. The molecule has 0 unspecified atom stereocenters. The van der Waals surface area contributed by atoms with Crippen LogP contribution in [0.2, 0.25) is 0 Å². The first-order valence-corrected chi connectivity index (χ1v) is 3.64. The third-order valence-electron chi connectivity index (χ3n) is 1.22. The molecule has 0 aromatic heterocycles. The number of nitrogens with one attached hydrogen (secondary N) is 2. The van der Waals surface area contributed by atoms with Crippen LogP contribution in [0.25, 0.3) is 0 Å². The number of rotatable bonds is 1. The van der Waals surface area contributed by atoms with Crippen molar-refractivity contribution in [1.29, 1.82) is 0 Å².